The van der Waals surface area contributed by atoms with Gasteiger partial charge in [0.2, 0.25) is 0 Å². The molecule has 80 valence electrons. The third-order valence-electron chi connectivity index (χ3n) is 3.19. The molecule has 0 aliphatic heterocycles. The van der Waals surface area contributed by atoms with Gasteiger partial charge in [-0.3, -0.25) is 4.79 Å². The zero-order valence-corrected chi connectivity index (χ0v) is 8.92. The molecule has 1 aromatic rings. The molecule has 1 aliphatic carbocycles. The summed E-state index contributed by atoms with van der Waals surface area (Å²) in [5.74, 6) is 0.343. The molecule has 0 aromatic heterocycles. The monoisotopic (exact) mass is 206 g/mol. The number of benzene rings is 1. The van der Waals surface area contributed by atoms with Gasteiger partial charge in [0.15, 0.2) is 5.78 Å². The van der Waals surface area contributed by atoms with Crippen LogP contribution >= 0.6 is 0 Å². The van der Waals surface area contributed by atoms with Gasteiger partial charge in [-0.1, -0.05) is 31.4 Å². The van der Waals surface area contributed by atoms with Crippen LogP contribution in [0.5, 0.6) is 0 Å². The van der Waals surface area contributed by atoms with Gasteiger partial charge in [-0.05, 0) is 24.5 Å². The van der Waals surface area contributed by atoms with Crippen molar-refractivity contribution in [2.75, 3.05) is 0 Å². The predicted octanol–water partition coefficient (Wildman–Crippen LogP) is 3.51. The minimum absolute atomic E-state index is 0.0820. The van der Waals surface area contributed by atoms with Gasteiger partial charge in [0, 0.05) is 12.0 Å². The van der Waals surface area contributed by atoms with Crippen molar-refractivity contribution in [1.82, 2.24) is 0 Å². The van der Waals surface area contributed by atoms with Crippen molar-refractivity contribution < 1.29 is 9.18 Å². The van der Waals surface area contributed by atoms with Crippen molar-refractivity contribution >= 4 is 5.78 Å². The van der Waals surface area contributed by atoms with Crippen molar-refractivity contribution in [3.8, 4) is 0 Å². The molecule has 1 aromatic carbocycles. The van der Waals surface area contributed by atoms with Gasteiger partial charge in [-0.25, -0.2) is 4.39 Å². The molecule has 0 N–H and O–H groups in total. The lowest BCUT2D eigenvalue weighted by molar-refractivity contribution is 0.0936. The molecular weight excluding hydrogens is 191 g/mol. The Balaban J connectivity index is 2.07. The van der Waals surface area contributed by atoms with Crippen LogP contribution in [0.25, 0.3) is 0 Å². The van der Waals surface area contributed by atoms with E-state index in [0.29, 0.717) is 23.5 Å². The Morgan fingerprint density at radius 2 is 2.20 bits per heavy atom. The molecule has 0 saturated heterocycles. The minimum Gasteiger partial charge on any atom is -0.294 e. The van der Waals surface area contributed by atoms with E-state index >= 15 is 0 Å². The van der Waals surface area contributed by atoms with Crippen molar-refractivity contribution in [3.63, 3.8) is 0 Å². The number of Topliss-reactive ketones (excluding diaryl/α,β-unsaturated/α-hetero) is 1. The Labute approximate surface area is 89.3 Å². The van der Waals surface area contributed by atoms with E-state index in [-0.39, 0.29) is 11.6 Å². The van der Waals surface area contributed by atoms with E-state index in [1.165, 1.54) is 12.5 Å². The largest absolute Gasteiger partial charge is 0.294 e. The van der Waals surface area contributed by atoms with Gasteiger partial charge >= 0.3 is 0 Å². The molecule has 0 spiro atoms. The summed E-state index contributed by atoms with van der Waals surface area (Å²) >= 11 is 0. The van der Waals surface area contributed by atoms with Gasteiger partial charge < -0.3 is 0 Å². The average Bonchev–Trinajstić information content (AvgIpc) is 2.15. The predicted molar refractivity (Wildman–Crippen MR) is 57.4 cm³/mol. The molecule has 0 radical (unpaired) electrons. The van der Waals surface area contributed by atoms with E-state index < -0.39 is 0 Å². The van der Waals surface area contributed by atoms with Crippen LogP contribution in [-0.4, -0.2) is 5.78 Å². The summed E-state index contributed by atoms with van der Waals surface area (Å²) < 4.78 is 13.2. The zero-order valence-electron chi connectivity index (χ0n) is 8.92. The SMILES string of the molecule is Cc1ccc(C(=O)CC2CCC2)cc1F. The first kappa shape index (κ1) is 10.3. The molecule has 1 saturated carbocycles. The topological polar surface area (TPSA) is 17.1 Å². The first-order valence-corrected chi connectivity index (χ1v) is 5.46. The standard InChI is InChI=1S/C13H15FO/c1-9-5-6-11(8-12(9)14)13(15)7-10-3-2-4-10/h5-6,8,10H,2-4,7H2,1H3. The number of hydrogen-bond donors (Lipinski definition) is 0. The highest BCUT2D eigenvalue weighted by atomic mass is 19.1. The van der Waals surface area contributed by atoms with Gasteiger partial charge in [-0.15, -0.1) is 0 Å². The lowest BCUT2D eigenvalue weighted by Crippen LogP contribution is -2.16. The summed E-state index contributed by atoms with van der Waals surface area (Å²) in [7, 11) is 0. The van der Waals surface area contributed by atoms with E-state index in [2.05, 4.69) is 0 Å². The summed E-state index contributed by atoms with van der Waals surface area (Å²) in [6.07, 6.45) is 4.13. The number of ketones is 1. The summed E-state index contributed by atoms with van der Waals surface area (Å²) in [6, 6.07) is 4.75. The van der Waals surface area contributed by atoms with E-state index in [4.69, 9.17) is 0 Å². The minimum atomic E-state index is -0.283. The number of aryl methyl sites for hydroxylation is 1. The quantitative estimate of drug-likeness (QED) is 0.692. The maximum Gasteiger partial charge on any atom is 0.163 e. The number of halogens is 1. The molecule has 0 bridgehead atoms. The lowest BCUT2D eigenvalue weighted by atomic mass is 9.81. The van der Waals surface area contributed by atoms with Gasteiger partial charge in [-0.2, -0.15) is 0 Å². The fourth-order valence-corrected chi connectivity index (χ4v) is 1.84. The fourth-order valence-electron chi connectivity index (χ4n) is 1.84. The molecule has 1 aliphatic rings. The number of hydrogen-bond acceptors (Lipinski definition) is 1. The second-order valence-corrected chi connectivity index (χ2v) is 4.39. The third kappa shape index (κ3) is 2.25. The number of carbonyl (C=O) groups excluding carboxylic acids is 1. The van der Waals surface area contributed by atoms with Crippen molar-refractivity contribution in [2.45, 2.75) is 32.6 Å². The molecule has 0 amide bonds. The molecule has 1 fully saturated rings. The summed E-state index contributed by atoms with van der Waals surface area (Å²) in [5.41, 5.74) is 1.11. The maximum atomic E-state index is 13.2. The Morgan fingerprint density at radius 1 is 1.47 bits per heavy atom. The van der Waals surface area contributed by atoms with Crippen LogP contribution in [0, 0.1) is 18.7 Å². The highest BCUT2D eigenvalue weighted by molar-refractivity contribution is 5.96. The van der Waals surface area contributed by atoms with E-state index in [1.807, 2.05) is 0 Å². The van der Waals surface area contributed by atoms with Gasteiger partial charge in [0.1, 0.15) is 5.82 Å². The molecule has 0 atom stereocenters. The Kier molecular flexibility index (Phi) is 2.85. The van der Waals surface area contributed by atoms with E-state index in [0.717, 1.165) is 12.8 Å². The maximum absolute atomic E-state index is 13.2. The first-order chi connectivity index (χ1) is 7.16. The van der Waals surface area contributed by atoms with Crippen LogP contribution in [-0.2, 0) is 0 Å². The van der Waals surface area contributed by atoms with E-state index in [9.17, 15) is 9.18 Å². The lowest BCUT2D eigenvalue weighted by Gasteiger charge is -2.24. The first-order valence-electron chi connectivity index (χ1n) is 5.46. The van der Waals surface area contributed by atoms with Crippen LogP contribution in [0.3, 0.4) is 0 Å². The number of rotatable bonds is 3. The summed E-state index contributed by atoms with van der Waals surface area (Å²) in [5, 5.41) is 0. The smallest absolute Gasteiger partial charge is 0.163 e. The van der Waals surface area contributed by atoms with Crippen molar-refractivity contribution in [1.29, 1.82) is 0 Å². The van der Waals surface area contributed by atoms with Crippen molar-refractivity contribution in [2.24, 2.45) is 5.92 Å². The molecule has 0 heterocycles. The Hall–Kier alpha value is -1.18. The zero-order chi connectivity index (χ0) is 10.8. The normalized spacial score (nSPS) is 16.1. The van der Waals surface area contributed by atoms with E-state index in [1.54, 1.807) is 19.1 Å². The molecule has 1 nitrogen and oxygen atoms in total. The summed E-state index contributed by atoms with van der Waals surface area (Å²) in [4.78, 5) is 11.7. The van der Waals surface area contributed by atoms with Gasteiger partial charge in [0.05, 0.1) is 0 Å². The second kappa shape index (κ2) is 4.13. The molecule has 2 heteroatoms. The Bertz CT molecular complexity index is 380. The molecule has 0 unspecified atom stereocenters. The van der Waals surface area contributed by atoms with Crippen LogP contribution in [0.2, 0.25) is 0 Å². The molecule has 2 rings (SSSR count). The highest BCUT2D eigenvalue weighted by Crippen LogP contribution is 2.30. The third-order valence-corrected chi connectivity index (χ3v) is 3.19. The van der Waals surface area contributed by atoms with Crippen LogP contribution in [0.15, 0.2) is 18.2 Å². The second-order valence-electron chi connectivity index (χ2n) is 4.39. The van der Waals surface area contributed by atoms with Gasteiger partial charge in [0.25, 0.3) is 0 Å². The summed E-state index contributed by atoms with van der Waals surface area (Å²) in [6.45, 7) is 1.70. The fraction of sp³-hybridized carbons (Fsp3) is 0.462. The highest BCUT2D eigenvalue weighted by Gasteiger charge is 2.21. The van der Waals surface area contributed by atoms with Crippen molar-refractivity contribution in [3.05, 3.63) is 35.1 Å². The molecular formula is C13H15FO. The van der Waals surface area contributed by atoms with Crippen LogP contribution < -0.4 is 0 Å². The number of carbonyl (C=O) groups is 1. The Morgan fingerprint density at radius 3 is 2.73 bits per heavy atom. The molecule has 15 heavy (non-hydrogen) atoms. The van der Waals surface area contributed by atoms with Crippen LogP contribution in [0.4, 0.5) is 4.39 Å². The average molecular weight is 206 g/mol. The van der Waals surface area contributed by atoms with Crippen LogP contribution in [0.1, 0.15) is 41.6 Å².